The monoisotopic (exact) mass is 340 g/mol. The van der Waals surface area contributed by atoms with Gasteiger partial charge in [-0.3, -0.25) is 0 Å². The number of ether oxygens (including phenoxy) is 1. The van der Waals surface area contributed by atoms with Crippen molar-refractivity contribution >= 4 is 0 Å². The predicted octanol–water partition coefficient (Wildman–Crippen LogP) is -6.19. The van der Waals surface area contributed by atoms with E-state index in [4.69, 9.17) is 9.84 Å². The number of hydrogen-bond donors (Lipinski definition) is 9. The second-order valence-electron chi connectivity index (χ2n) is 6.40. The van der Waals surface area contributed by atoms with Crippen LogP contribution in [0.15, 0.2) is 0 Å². The zero-order chi connectivity index (χ0) is 17.5. The minimum atomic E-state index is -1.72. The van der Waals surface area contributed by atoms with Crippen molar-refractivity contribution in [2.75, 3.05) is 6.61 Å². The smallest absolute Gasteiger partial charge is 0.181 e. The third-order valence-corrected chi connectivity index (χ3v) is 4.90. The lowest BCUT2D eigenvalue weighted by atomic mass is 9.77. The predicted molar refractivity (Wildman–Crippen MR) is 72.7 cm³/mol. The first-order valence-electron chi connectivity index (χ1n) is 7.58. The summed E-state index contributed by atoms with van der Waals surface area (Å²) in [6.07, 6.45) is -11.8. The molecule has 2 aliphatic rings. The van der Waals surface area contributed by atoms with E-state index in [0.717, 1.165) is 0 Å². The van der Waals surface area contributed by atoms with Gasteiger partial charge >= 0.3 is 0 Å². The Hall–Kier alpha value is -0.400. The average Bonchev–Trinajstić information content (AvgIpc) is 2.52. The molecule has 6 unspecified atom stereocenters. The summed E-state index contributed by atoms with van der Waals surface area (Å²) in [5.74, 6) is -1.32. The van der Waals surface area contributed by atoms with Crippen LogP contribution in [0.2, 0.25) is 0 Å². The molecule has 0 aromatic carbocycles. The Bertz CT molecular complexity index is 400. The number of hydrogen-bond acceptors (Lipinski definition) is 9. The van der Waals surface area contributed by atoms with Crippen molar-refractivity contribution in [3.05, 3.63) is 0 Å². The second kappa shape index (κ2) is 7.23. The van der Waals surface area contributed by atoms with Gasteiger partial charge in [0, 0.05) is 0 Å². The van der Waals surface area contributed by atoms with Crippen LogP contribution in [0.4, 0.5) is 0 Å². The highest BCUT2D eigenvalue weighted by Gasteiger charge is 2.54. The lowest BCUT2D eigenvalue weighted by Gasteiger charge is -2.46. The van der Waals surface area contributed by atoms with Gasteiger partial charge in [0.1, 0.15) is 48.7 Å². The minimum Gasteiger partial charge on any atom is -0.394 e. The average molecular weight is 340 g/mol. The molecule has 10 N–H and O–H groups in total. The summed E-state index contributed by atoms with van der Waals surface area (Å²) in [5, 5.41) is 80.6. The SMILES string of the molecule is CC1[NH2+][C@@H]([C@@H](O)C2C(O)[C@H](O)OC(CO)[C@@H]2O)C(O)C(O)[C@H]1O. The number of piperidine rings is 1. The van der Waals surface area contributed by atoms with Gasteiger partial charge in [0.15, 0.2) is 6.29 Å². The third kappa shape index (κ3) is 3.37. The van der Waals surface area contributed by atoms with Crippen LogP contribution in [0.25, 0.3) is 0 Å². The Balaban J connectivity index is 2.21. The maximum Gasteiger partial charge on any atom is 0.181 e. The fourth-order valence-corrected chi connectivity index (χ4v) is 3.43. The van der Waals surface area contributed by atoms with Crippen LogP contribution < -0.4 is 5.32 Å². The van der Waals surface area contributed by atoms with Crippen molar-refractivity contribution in [2.45, 2.75) is 68.0 Å². The summed E-state index contributed by atoms with van der Waals surface area (Å²) >= 11 is 0. The van der Waals surface area contributed by atoms with Crippen molar-refractivity contribution < 1.29 is 50.9 Å². The molecule has 2 rings (SSSR count). The van der Waals surface area contributed by atoms with E-state index in [1.165, 1.54) is 5.32 Å². The zero-order valence-electron chi connectivity index (χ0n) is 12.6. The van der Waals surface area contributed by atoms with Gasteiger partial charge in [-0.25, -0.2) is 0 Å². The van der Waals surface area contributed by atoms with E-state index < -0.39 is 73.6 Å². The maximum absolute atomic E-state index is 10.5. The quantitative estimate of drug-likeness (QED) is 0.241. The Labute approximate surface area is 132 Å². The standard InChI is InChI=1S/C13H25NO9/c1-3-7(16)12(21)11(20)6(14-3)9(18)5-8(17)4(2-15)23-13(22)10(5)19/h3-22H,2H2,1H3/p+1/t3?,4?,5?,6-,7-,8-,9-,10?,11?,12?,13+/m0/s1. The van der Waals surface area contributed by atoms with Crippen LogP contribution in [0.3, 0.4) is 0 Å². The number of aliphatic hydroxyl groups is 8. The molecular formula is C13H26NO9+. The van der Waals surface area contributed by atoms with Gasteiger partial charge in [0.25, 0.3) is 0 Å². The summed E-state index contributed by atoms with van der Waals surface area (Å²) < 4.78 is 4.85. The van der Waals surface area contributed by atoms with E-state index in [2.05, 4.69) is 0 Å². The van der Waals surface area contributed by atoms with Gasteiger partial charge in [-0.2, -0.15) is 0 Å². The topological polar surface area (TPSA) is 188 Å². The highest BCUT2D eigenvalue weighted by molar-refractivity contribution is 4.99. The van der Waals surface area contributed by atoms with E-state index in [1.54, 1.807) is 6.92 Å². The van der Waals surface area contributed by atoms with Crippen molar-refractivity contribution in [3.63, 3.8) is 0 Å². The van der Waals surface area contributed by atoms with Crippen LogP contribution in [0, 0.1) is 5.92 Å². The van der Waals surface area contributed by atoms with Gasteiger partial charge in [0.05, 0.1) is 18.6 Å². The Morgan fingerprint density at radius 2 is 1.52 bits per heavy atom. The number of aliphatic hydroxyl groups excluding tert-OH is 8. The molecule has 0 spiro atoms. The molecule has 136 valence electrons. The number of rotatable bonds is 3. The largest absolute Gasteiger partial charge is 0.394 e. The molecule has 2 fully saturated rings. The molecule has 10 nitrogen and oxygen atoms in total. The lowest BCUT2D eigenvalue weighted by molar-refractivity contribution is -0.752. The van der Waals surface area contributed by atoms with Crippen LogP contribution in [-0.2, 0) is 4.74 Å². The van der Waals surface area contributed by atoms with Crippen LogP contribution in [-0.4, -0.2) is 109 Å². The van der Waals surface area contributed by atoms with Crippen molar-refractivity contribution in [1.29, 1.82) is 0 Å². The van der Waals surface area contributed by atoms with Crippen molar-refractivity contribution in [3.8, 4) is 0 Å². The highest BCUT2D eigenvalue weighted by Crippen LogP contribution is 2.30. The van der Waals surface area contributed by atoms with E-state index >= 15 is 0 Å². The zero-order valence-corrected chi connectivity index (χ0v) is 12.6. The van der Waals surface area contributed by atoms with Gasteiger partial charge in [0.2, 0.25) is 0 Å². The molecular weight excluding hydrogens is 314 g/mol. The summed E-state index contributed by atoms with van der Waals surface area (Å²) in [4.78, 5) is 0. The normalized spacial score (nSPS) is 53.1. The number of nitrogens with two attached hydrogens (primary N) is 1. The first-order valence-corrected chi connectivity index (χ1v) is 7.58. The van der Waals surface area contributed by atoms with Crippen molar-refractivity contribution in [1.82, 2.24) is 0 Å². The van der Waals surface area contributed by atoms with Gasteiger partial charge in [-0.1, -0.05) is 0 Å². The molecule has 2 heterocycles. The molecule has 0 aromatic heterocycles. The summed E-state index contributed by atoms with van der Waals surface area (Å²) in [6.45, 7) is 0.949. The second-order valence-corrected chi connectivity index (χ2v) is 6.40. The summed E-state index contributed by atoms with van der Waals surface area (Å²) in [6, 6.07) is -1.59. The molecule has 0 bridgehead atoms. The lowest BCUT2D eigenvalue weighted by Crippen LogP contribution is -3.04. The van der Waals surface area contributed by atoms with E-state index in [-0.39, 0.29) is 0 Å². The Kier molecular flexibility index (Phi) is 5.95. The van der Waals surface area contributed by atoms with E-state index in [0.29, 0.717) is 0 Å². The molecule has 0 aliphatic carbocycles. The molecule has 23 heavy (non-hydrogen) atoms. The number of quaternary nitrogens is 1. The Morgan fingerprint density at radius 1 is 0.913 bits per heavy atom. The minimum absolute atomic E-state index is 0.541. The maximum atomic E-state index is 10.5. The molecule has 11 atom stereocenters. The van der Waals surface area contributed by atoms with Crippen LogP contribution in [0.5, 0.6) is 0 Å². The van der Waals surface area contributed by atoms with Crippen molar-refractivity contribution in [2.24, 2.45) is 5.92 Å². The molecule has 0 saturated carbocycles. The molecule has 2 saturated heterocycles. The van der Waals surface area contributed by atoms with Gasteiger partial charge < -0.3 is 50.9 Å². The van der Waals surface area contributed by atoms with E-state index in [1.807, 2.05) is 0 Å². The summed E-state index contributed by atoms with van der Waals surface area (Å²) in [7, 11) is 0. The highest BCUT2D eigenvalue weighted by atomic mass is 16.6. The van der Waals surface area contributed by atoms with Crippen LogP contribution >= 0.6 is 0 Å². The first-order chi connectivity index (χ1) is 10.7. The van der Waals surface area contributed by atoms with Gasteiger partial charge in [-0.05, 0) is 6.92 Å². The molecule has 0 amide bonds. The third-order valence-electron chi connectivity index (χ3n) is 4.90. The molecule has 2 aliphatic heterocycles. The molecule has 0 aromatic rings. The van der Waals surface area contributed by atoms with E-state index in [9.17, 15) is 35.7 Å². The first kappa shape index (κ1) is 18.9. The molecule has 0 radical (unpaired) electrons. The fourth-order valence-electron chi connectivity index (χ4n) is 3.43. The van der Waals surface area contributed by atoms with Gasteiger partial charge in [-0.15, -0.1) is 0 Å². The fraction of sp³-hybridized carbons (Fsp3) is 1.00. The molecule has 10 heteroatoms. The Morgan fingerprint density at radius 3 is 2.09 bits per heavy atom. The van der Waals surface area contributed by atoms with Crippen LogP contribution in [0.1, 0.15) is 6.92 Å². The summed E-state index contributed by atoms with van der Waals surface area (Å²) in [5.41, 5.74) is 0.